The molecule has 2 aromatic rings. The Morgan fingerprint density at radius 2 is 1.61 bits per heavy atom. The first kappa shape index (κ1) is 23.0. The molecule has 0 radical (unpaired) electrons. The van der Waals surface area contributed by atoms with E-state index in [2.05, 4.69) is 0 Å². The lowest BCUT2D eigenvalue weighted by Crippen LogP contribution is -2.27. The molecule has 0 spiro atoms. The second kappa shape index (κ2) is 8.82. The number of fused-ring (bicyclic) bond motifs is 1. The Balaban J connectivity index is 2.22. The molecule has 1 unspecified atom stereocenters. The maximum atomic E-state index is 13.2. The molecule has 3 rings (SSSR count). The van der Waals surface area contributed by atoms with Gasteiger partial charge in [0.05, 0.1) is 14.2 Å². The van der Waals surface area contributed by atoms with E-state index in [0.29, 0.717) is 47.5 Å². The molecular weight excluding hydrogens is 433 g/mol. The van der Waals surface area contributed by atoms with Crippen LogP contribution in [0.3, 0.4) is 0 Å². The van der Waals surface area contributed by atoms with Crippen LogP contribution >= 0.6 is 0 Å². The Kier molecular flexibility index (Phi) is 6.54. The Morgan fingerprint density at radius 3 is 2.16 bits per heavy atom. The zero-order valence-electron chi connectivity index (χ0n) is 17.3. The highest BCUT2D eigenvalue weighted by atomic mass is 32.2. The van der Waals surface area contributed by atoms with Crippen LogP contribution in [0.25, 0.3) is 5.76 Å². The number of benzene rings is 2. The summed E-state index contributed by atoms with van der Waals surface area (Å²) in [6, 6.07) is 12.1. The fourth-order valence-corrected chi connectivity index (χ4v) is 4.22. The van der Waals surface area contributed by atoms with Gasteiger partial charge in [0.15, 0.2) is 0 Å². The molecule has 1 aliphatic carbocycles. The average Bonchev–Trinajstić information content (AvgIpc) is 2.74. The van der Waals surface area contributed by atoms with Crippen molar-refractivity contribution in [1.29, 1.82) is 0 Å². The molecule has 0 N–H and O–H groups in total. The van der Waals surface area contributed by atoms with Crippen molar-refractivity contribution in [2.75, 3.05) is 14.2 Å². The maximum Gasteiger partial charge on any atom is 0.534 e. The van der Waals surface area contributed by atoms with Crippen LogP contribution in [0.5, 0.6) is 11.5 Å². The van der Waals surface area contributed by atoms with Gasteiger partial charge in [-0.25, -0.2) is 0 Å². The number of alkyl halides is 3. The molecule has 1 atom stereocenters. The summed E-state index contributed by atoms with van der Waals surface area (Å²) in [6.45, 7) is 1.87. The van der Waals surface area contributed by atoms with Crippen LogP contribution in [-0.2, 0) is 20.7 Å². The largest absolute Gasteiger partial charge is 0.534 e. The van der Waals surface area contributed by atoms with Crippen LogP contribution in [0.1, 0.15) is 42.4 Å². The Bertz CT molecular complexity index is 1070. The number of methoxy groups -OCH3 is 2. The second-order valence-corrected chi connectivity index (χ2v) is 8.68. The van der Waals surface area contributed by atoms with Crippen LogP contribution in [-0.4, -0.2) is 28.1 Å². The molecule has 168 valence electrons. The van der Waals surface area contributed by atoms with Crippen molar-refractivity contribution >= 4 is 15.9 Å². The summed E-state index contributed by atoms with van der Waals surface area (Å²) in [4.78, 5) is 0. The minimum Gasteiger partial charge on any atom is -0.497 e. The van der Waals surface area contributed by atoms with Crippen LogP contribution in [0, 0.1) is 0 Å². The van der Waals surface area contributed by atoms with E-state index in [-0.39, 0.29) is 11.7 Å². The van der Waals surface area contributed by atoms with E-state index in [9.17, 15) is 21.6 Å². The van der Waals surface area contributed by atoms with Crippen molar-refractivity contribution in [3.05, 3.63) is 64.7 Å². The first-order chi connectivity index (χ1) is 14.6. The summed E-state index contributed by atoms with van der Waals surface area (Å²) >= 11 is 0. The number of halogens is 3. The molecule has 5 nitrogen and oxygen atoms in total. The number of hydrogen-bond acceptors (Lipinski definition) is 5. The van der Waals surface area contributed by atoms with Crippen molar-refractivity contribution in [2.24, 2.45) is 0 Å². The van der Waals surface area contributed by atoms with Gasteiger partial charge in [0.1, 0.15) is 17.3 Å². The molecule has 0 bridgehead atoms. The topological polar surface area (TPSA) is 61.8 Å². The highest BCUT2D eigenvalue weighted by molar-refractivity contribution is 7.87. The van der Waals surface area contributed by atoms with Gasteiger partial charge in [-0.05, 0) is 53.8 Å². The summed E-state index contributed by atoms with van der Waals surface area (Å²) in [7, 11) is -2.88. The van der Waals surface area contributed by atoms with E-state index in [4.69, 9.17) is 13.7 Å². The molecule has 1 aliphatic rings. The molecule has 0 amide bonds. The summed E-state index contributed by atoms with van der Waals surface area (Å²) in [5, 5.41) is 0. The lowest BCUT2D eigenvalue weighted by Gasteiger charge is -2.31. The molecule has 0 heterocycles. The monoisotopic (exact) mass is 456 g/mol. The van der Waals surface area contributed by atoms with Gasteiger partial charge in [0.2, 0.25) is 0 Å². The first-order valence-corrected chi connectivity index (χ1v) is 11.1. The minimum atomic E-state index is -5.85. The van der Waals surface area contributed by atoms with Gasteiger partial charge in [-0.15, -0.1) is 0 Å². The van der Waals surface area contributed by atoms with Gasteiger partial charge in [-0.3, -0.25) is 0 Å². The Hall–Kier alpha value is -2.68. The van der Waals surface area contributed by atoms with Gasteiger partial charge < -0.3 is 13.7 Å². The normalized spacial score (nSPS) is 16.6. The SMILES string of the molecule is CCCC1=C(OS(=O)(=O)C(F)(F)F)c2cc(OC)ccc2CC1c1ccc(OC)cc1. The molecule has 31 heavy (non-hydrogen) atoms. The highest BCUT2D eigenvalue weighted by Crippen LogP contribution is 2.45. The molecule has 0 aromatic heterocycles. The first-order valence-electron chi connectivity index (χ1n) is 9.66. The lowest BCUT2D eigenvalue weighted by atomic mass is 9.77. The van der Waals surface area contributed by atoms with Gasteiger partial charge in [-0.2, -0.15) is 21.6 Å². The standard InChI is InChI=1S/C22H23F3O5S/c1-4-5-18-19(14-6-9-16(28-2)10-7-14)12-15-8-11-17(29-3)13-20(15)21(18)30-31(26,27)22(23,24)25/h6-11,13,19H,4-5,12H2,1-3H3. The zero-order valence-corrected chi connectivity index (χ0v) is 18.1. The second-order valence-electron chi connectivity index (χ2n) is 7.14. The molecule has 0 fully saturated rings. The van der Waals surface area contributed by atoms with Crippen LogP contribution in [0.2, 0.25) is 0 Å². The van der Waals surface area contributed by atoms with Crippen molar-refractivity contribution < 1.29 is 35.2 Å². The molecule has 0 saturated carbocycles. The van der Waals surface area contributed by atoms with Crippen LogP contribution in [0.15, 0.2) is 48.0 Å². The summed E-state index contributed by atoms with van der Waals surface area (Å²) in [5.74, 6) is 0.412. The van der Waals surface area contributed by atoms with E-state index < -0.39 is 15.6 Å². The minimum absolute atomic E-state index is 0.278. The molecule has 2 aromatic carbocycles. The van der Waals surface area contributed by atoms with Gasteiger partial charge in [0.25, 0.3) is 0 Å². The third-order valence-electron chi connectivity index (χ3n) is 5.21. The van der Waals surface area contributed by atoms with E-state index in [1.54, 1.807) is 24.3 Å². The van der Waals surface area contributed by atoms with Crippen LogP contribution < -0.4 is 9.47 Å². The predicted molar refractivity (Wildman–Crippen MR) is 110 cm³/mol. The summed E-state index contributed by atoms with van der Waals surface area (Å²) in [5.41, 5.74) is -3.24. The zero-order chi connectivity index (χ0) is 22.8. The van der Waals surface area contributed by atoms with Gasteiger partial charge in [0, 0.05) is 11.5 Å². The fraction of sp³-hybridized carbons (Fsp3) is 0.364. The van der Waals surface area contributed by atoms with Crippen LogP contribution in [0.4, 0.5) is 13.2 Å². The summed E-state index contributed by atoms with van der Waals surface area (Å²) < 4.78 is 78.5. The van der Waals surface area contributed by atoms with E-state index >= 15 is 0 Å². The number of rotatable bonds is 7. The van der Waals surface area contributed by atoms with E-state index in [0.717, 1.165) is 5.56 Å². The van der Waals surface area contributed by atoms with E-state index in [1.165, 1.54) is 20.3 Å². The van der Waals surface area contributed by atoms with Crippen molar-refractivity contribution in [1.82, 2.24) is 0 Å². The Labute approximate surface area is 179 Å². The number of hydrogen-bond donors (Lipinski definition) is 0. The molecular formula is C22H23F3O5S. The highest BCUT2D eigenvalue weighted by Gasteiger charge is 2.50. The Morgan fingerprint density at radius 1 is 1.00 bits per heavy atom. The predicted octanol–water partition coefficient (Wildman–Crippen LogP) is 5.42. The third kappa shape index (κ3) is 4.66. The molecule has 0 aliphatic heterocycles. The van der Waals surface area contributed by atoms with Crippen molar-refractivity contribution in [2.45, 2.75) is 37.6 Å². The maximum absolute atomic E-state index is 13.2. The third-order valence-corrected chi connectivity index (χ3v) is 6.17. The van der Waals surface area contributed by atoms with Gasteiger partial charge >= 0.3 is 15.6 Å². The smallest absolute Gasteiger partial charge is 0.497 e. The summed E-state index contributed by atoms with van der Waals surface area (Å²) in [6.07, 6.45) is 1.45. The quantitative estimate of drug-likeness (QED) is 0.411. The fourth-order valence-electron chi connectivity index (χ4n) is 3.71. The average molecular weight is 456 g/mol. The number of allylic oxidation sites excluding steroid dienone is 1. The van der Waals surface area contributed by atoms with Crippen molar-refractivity contribution in [3.63, 3.8) is 0 Å². The molecule has 9 heteroatoms. The number of ether oxygens (including phenoxy) is 2. The molecule has 0 saturated heterocycles. The van der Waals surface area contributed by atoms with Gasteiger partial charge in [-0.1, -0.05) is 31.5 Å². The van der Waals surface area contributed by atoms with E-state index in [1.807, 2.05) is 19.1 Å². The van der Waals surface area contributed by atoms with Crippen molar-refractivity contribution in [3.8, 4) is 11.5 Å². The lowest BCUT2D eigenvalue weighted by molar-refractivity contribution is -0.0509.